The van der Waals surface area contributed by atoms with E-state index in [0.29, 0.717) is 34.7 Å². The van der Waals surface area contributed by atoms with Crippen molar-refractivity contribution in [3.63, 3.8) is 0 Å². The van der Waals surface area contributed by atoms with Gasteiger partial charge in [0.15, 0.2) is 0 Å². The maximum Gasteiger partial charge on any atom is 0.407 e. The molecule has 0 aliphatic rings. The third-order valence-corrected chi connectivity index (χ3v) is 3.83. The molecule has 128 valence electrons. The van der Waals surface area contributed by atoms with Crippen LogP contribution in [0.2, 0.25) is 15.1 Å². The van der Waals surface area contributed by atoms with Gasteiger partial charge in [0.2, 0.25) is 0 Å². The van der Waals surface area contributed by atoms with E-state index >= 15 is 0 Å². The standard InChI is InChI=1S/C16H21Cl3N2O2/c1-16(2,3)23-15(22)21-9-5-4-8-20-10-11-12(17)6-7-13(18)14(11)19/h4-7,20H,8-10H2,1-3H3,(H,21,22)/b5-4+. The van der Waals surface area contributed by atoms with Crippen LogP contribution in [-0.4, -0.2) is 24.8 Å². The van der Waals surface area contributed by atoms with E-state index in [0.717, 1.165) is 5.56 Å². The number of hydrogen-bond acceptors (Lipinski definition) is 3. The van der Waals surface area contributed by atoms with Crippen LogP contribution in [0.3, 0.4) is 0 Å². The molecule has 0 unspecified atom stereocenters. The minimum Gasteiger partial charge on any atom is -0.444 e. The number of amides is 1. The summed E-state index contributed by atoms with van der Waals surface area (Å²) in [4.78, 5) is 11.4. The molecule has 0 atom stereocenters. The van der Waals surface area contributed by atoms with Gasteiger partial charge >= 0.3 is 6.09 Å². The predicted octanol–water partition coefficient (Wildman–Crippen LogP) is 4.82. The van der Waals surface area contributed by atoms with E-state index in [2.05, 4.69) is 10.6 Å². The van der Waals surface area contributed by atoms with Crippen LogP contribution in [0.15, 0.2) is 24.3 Å². The van der Waals surface area contributed by atoms with Gasteiger partial charge in [0.25, 0.3) is 0 Å². The molecule has 1 amide bonds. The van der Waals surface area contributed by atoms with Crippen molar-refractivity contribution in [1.29, 1.82) is 0 Å². The number of hydrogen-bond donors (Lipinski definition) is 2. The smallest absolute Gasteiger partial charge is 0.407 e. The highest BCUT2D eigenvalue weighted by Crippen LogP contribution is 2.31. The fraction of sp³-hybridized carbons (Fsp3) is 0.438. The van der Waals surface area contributed by atoms with Crippen LogP contribution in [-0.2, 0) is 11.3 Å². The highest BCUT2D eigenvalue weighted by molar-refractivity contribution is 6.44. The molecular formula is C16H21Cl3N2O2. The van der Waals surface area contributed by atoms with E-state index in [-0.39, 0.29) is 0 Å². The van der Waals surface area contributed by atoms with Crippen molar-refractivity contribution in [2.75, 3.05) is 13.1 Å². The van der Waals surface area contributed by atoms with E-state index in [1.165, 1.54) is 0 Å². The second-order valence-corrected chi connectivity index (χ2v) is 7.00. The van der Waals surface area contributed by atoms with Crippen molar-refractivity contribution >= 4 is 40.9 Å². The predicted molar refractivity (Wildman–Crippen MR) is 96.6 cm³/mol. The van der Waals surface area contributed by atoms with E-state index in [4.69, 9.17) is 39.5 Å². The Labute approximate surface area is 152 Å². The van der Waals surface area contributed by atoms with Crippen molar-refractivity contribution in [2.24, 2.45) is 0 Å². The summed E-state index contributed by atoms with van der Waals surface area (Å²) in [5, 5.41) is 7.33. The maximum absolute atomic E-state index is 11.4. The van der Waals surface area contributed by atoms with Gasteiger partial charge in [-0.2, -0.15) is 0 Å². The van der Waals surface area contributed by atoms with E-state index in [1.54, 1.807) is 12.1 Å². The molecule has 1 aromatic rings. The van der Waals surface area contributed by atoms with Gasteiger partial charge in [-0.05, 0) is 32.9 Å². The molecule has 4 nitrogen and oxygen atoms in total. The summed E-state index contributed by atoms with van der Waals surface area (Å²) >= 11 is 18.2. The Balaban J connectivity index is 2.28. The molecule has 0 aromatic heterocycles. The number of rotatable bonds is 6. The van der Waals surface area contributed by atoms with Crippen LogP contribution in [0.5, 0.6) is 0 Å². The number of ether oxygens (including phenoxy) is 1. The van der Waals surface area contributed by atoms with Crippen LogP contribution in [0, 0.1) is 0 Å². The second-order valence-electron chi connectivity index (χ2n) is 5.81. The lowest BCUT2D eigenvalue weighted by Crippen LogP contribution is -2.32. The first-order chi connectivity index (χ1) is 10.7. The third kappa shape index (κ3) is 7.93. The Morgan fingerprint density at radius 3 is 2.39 bits per heavy atom. The highest BCUT2D eigenvalue weighted by Gasteiger charge is 2.14. The van der Waals surface area contributed by atoms with Crippen LogP contribution < -0.4 is 10.6 Å². The largest absolute Gasteiger partial charge is 0.444 e. The maximum atomic E-state index is 11.4. The van der Waals surface area contributed by atoms with Gasteiger partial charge in [0.05, 0.1) is 10.0 Å². The van der Waals surface area contributed by atoms with Gasteiger partial charge in [-0.3, -0.25) is 0 Å². The van der Waals surface area contributed by atoms with Gasteiger partial charge in [-0.25, -0.2) is 4.79 Å². The normalized spacial score (nSPS) is 11.7. The summed E-state index contributed by atoms with van der Waals surface area (Å²) in [6.45, 7) is 6.96. The minimum absolute atomic E-state index is 0.398. The number of nitrogens with one attached hydrogen (secondary N) is 2. The molecule has 0 radical (unpaired) electrons. The van der Waals surface area contributed by atoms with Gasteiger partial charge in [-0.1, -0.05) is 47.0 Å². The Morgan fingerprint density at radius 1 is 1.13 bits per heavy atom. The van der Waals surface area contributed by atoms with Crippen LogP contribution in [0.25, 0.3) is 0 Å². The second kappa shape index (κ2) is 9.38. The van der Waals surface area contributed by atoms with E-state index in [9.17, 15) is 4.79 Å². The summed E-state index contributed by atoms with van der Waals surface area (Å²) in [6, 6.07) is 3.38. The average Bonchev–Trinajstić information content (AvgIpc) is 2.43. The molecule has 7 heteroatoms. The number of alkyl carbamates (subject to hydrolysis) is 1. The number of carbonyl (C=O) groups is 1. The Morgan fingerprint density at radius 2 is 1.74 bits per heavy atom. The van der Waals surface area contributed by atoms with Crippen LogP contribution in [0.1, 0.15) is 26.3 Å². The SMILES string of the molecule is CC(C)(C)OC(=O)NC/C=C/CNCc1c(Cl)ccc(Cl)c1Cl. The number of benzene rings is 1. The molecule has 23 heavy (non-hydrogen) atoms. The van der Waals surface area contributed by atoms with Gasteiger partial charge in [-0.15, -0.1) is 0 Å². The fourth-order valence-corrected chi connectivity index (χ4v) is 2.32. The lowest BCUT2D eigenvalue weighted by atomic mass is 10.2. The summed E-state index contributed by atoms with van der Waals surface area (Å²) in [7, 11) is 0. The van der Waals surface area contributed by atoms with Crippen LogP contribution >= 0.6 is 34.8 Å². The topological polar surface area (TPSA) is 50.4 Å². The lowest BCUT2D eigenvalue weighted by molar-refractivity contribution is 0.0534. The molecule has 1 rings (SSSR count). The molecule has 2 N–H and O–H groups in total. The molecule has 0 bridgehead atoms. The van der Waals surface area contributed by atoms with E-state index < -0.39 is 11.7 Å². The molecular weight excluding hydrogens is 359 g/mol. The summed E-state index contributed by atoms with van der Waals surface area (Å²) in [5.74, 6) is 0. The molecule has 0 aliphatic carbocycles. The molecule has 0 aliphatic heterocycles. The van der Waals surface area contributed by atoms with E-state index in [1.807, 2.05) is 32.9 Å². The zero-order chi connectivity index (χ0) is 17.5. The Hall–Kier alpha value is -0.940. The molecule has 0 saturated carbocycles. The molecule has 1 aromatic carbocycles. The molecule has 0 fully saturated rings. The lowest BCUT2D eigenvalue weighted by Gasteiger charge is -2.19. The zero-order valence-electron chi connectivity index (χ0n) is 13.4. The average molecular weight is 380 g/mol. The summed E-state index contributed by atoms with van der Waals surface area (Å²) in [6.07, 6.45) is 3.29. The van der Waals surface area contributed by atoms with Gasteiger partial charge < -0.3 is 15.4 Å². The Bertz CT molecular complexity index is 569. The quantitative estimate of drug-likeness (QED) is 0.423. The number of halogens is 3. The summed E-state index contributed by atoms with van der Waals surface area (Å²) in [5.41, 5.74) is 0.270. The third-order valence-electron chi connectivity index (χ3n) is 2.63. The molecule has 0 spiro atoms. The zero-order valence-corrected chi connectivity index (χ0v) is 15.6. The van der Waals surface area contributed by atoms with Crippen molar-refractivity contribution in [1.82, 2.24) is 10.6 Å². The highest BCUT2D eigenvalue weighted by atomic mass is 35.5. The first-order valence-corrected chi connectivity index (χ1v) is 8.29. The van der Waals surface area contributed by atoms with Crippen molar-refractivity contribution in [3.8, 4) is 0 Å². The number of carbonyl (C=O) groups excluding carboxylic acids is 1. The summed E-state index contributed by atoms with van der Waals surface area (Å²) < 4.78 is 5.12. The Kier molecular flexibility index (Phi) is 8.20. The first kappa shape index (κ1) is 20.1. The monoisotopic (exact) mass is 378 g/mol. The molecule has 0 heterocycles. The molecule has 0 saturated heterocycles. The fourth-order valence-electron chi connectivity index (χ4n) is 1.63. The van der Waals surface area contributed by atoms with Crippen molar-refractivity contribution < 1.29 is 9.53 Å². The van der Waals surface area contributed by atoms with Gasteiger partial charge in [0.1, 0.15) is 5.60 Å². The minimum atomic E-state index is -0.495. The van der Waals surface area contributed by atoms with Crippen molar-refractivity contribution in [3.05, 3.63) is 44.9 Å². The first-order valence-electron chi connectivity index (χ1n) is 7.15. The van der Waals surface area contributed by atoms with Gasteiger partial charge in [0, 0.05) is 30.2 Å². The van der Waals surface area contributed by atoms with Crippen molar-refractivity contribution in [2.45, 2.75) is 32.9 Å². The van der Waals surface area contributed by atoms with Crippen LogP contribution in [0.4, 0.5) is 4.79 Å².